The SMILES string of the molecule is NCCC1CC=CCC1. The molecule has 1 rings (SSSR count). The third kappa shape index (κ3) is 2.19. The second-order valence-electron chi connectivity index (χ2n) is 2.73. The van der Waals surface area contributed by atoms with Gasteiger partial charge in [-0.05, 0) is 38.1 Å². The molecule has 0 aromatic carbocycles. The summed E-state index contributed by atoms with van der Waals surface area (Å²) in [6.45, 7) is 0.860. The predicted octanol–water partition coefficient (Wildman–Crippen LogP) is 1.69. The molecule has 0 aromatic heterocycles. The van der Waals surface area contributed by atoms with E-state index in [0.29, 0.717) is 0 Å². The number of rotatable bonds is 2. The van der Waals surface area contributed by atoms with Crippen LogP contribution < -0.4 is 5.73 Å². The Hall–Kier alpha value is -0.300. The van der Waals surface area contributed by atoms with E-state index >= 15 is 0 Å². The van der Waals surface area contributed by atoms with Crippen LogP contribution >= 0.6 is 0 Å². The van der Waals surface area contributed by atoms with Crippen molar-refractivity contribution >= 4 is 0 Å². The van der Waals surface area contributed by atoms with Crippen LogP contribution in [0.15, 0.2) is 12.2 Å². The van der Waals surface area contributed by atoms with E-state index in [1.165, 1.54) is 25.7 Å². The van der Waals surface area contributed by atoms with Gasteiger partial charge in [0.15, 0.2) is 0 Å². The van der Waals surface area contributed by atoms with Crippen molar-refractivity contribution in [1.29, 1.82) is 0 Å². The highest BCUT2D eigenvalue weighted by molar-refractivity contribution is 4.89. The van der Waals surface area contributed by atoms with E-state index in [1.807, 2.05) is 0 Å². The minimum absolute atomic E-state index is 0.860. The van der Waals surface area contributed by atoms with Crippen LogP contribution in [0.2, 0.25) is 0 Å². The van der Waals surface area contributed by atoms with Gasteiger partial charge in [-0.25, -0.2) is 0 Å². The molecule has 0 bridgehead atoms. The van der Waals surface area contributed by atoms with E-state index in [4.69, 9.17) is 5.73 Å². The van der Waals surface area contributed by atoms with Crippen molar-refractivity contribution in [3.05, 3.63) is 12.2 Å². The maximum absolute atomic E-state index is 5.44. The molecule has 0 spiro atoms. The summed E-state index contributed by atoms with van der Waals surface area (Å²) in [5, 5.41) is 0. The van der Waals surface area contributed by atoms with Gasteiger partial charge in [0.1, 0.15) is 0 Å². The molecule has 0 saturated carbocycles. The highest BCUT2D eigenvalue weighted by Crippen LogP contribution is 2.20. The van der Waals surface area contributed by atoms with Gasteiger partial charge >= 0.3 is 0 Å². The Morgan fingerprint density at radius 2 is 2.33 bits per heavy atom. The molecular weight excluding hydrogens is 110 g/mol. The molecular formula is C8H15N. The summed E-state index contributed by atoms with van der Waals surface area (Å²) in [5.41, 5.74) is 5.44. The van der Waals surface area contributed by atoms with Crippen molar-refractivity contribution in [3.8, 4) is 0 Å². The van der Waals surface area contributed by atoms with Gasteiger partial charge in [-0.1, -0.05) is 12.2 Å². The summed E-state index contributed by atoms with van der Waals surface area (Å²) in [6, 6.07) is 0. The smallest absolute Gasteiger partial charge is 0.00745 e. The second kappa shape index (κ2) is 3.67. The zero-order chi connectivity index (χ0) is 6.53. The number of nitrogens with two attached hydrogens (primary N) is 1. The average Bonchev–Trinajstić information content (AvgIpc) is 1.91. The van der Waals surface area contributed by atoms with E-state index in [9.17, 15) is 0 Å². The van der Waals surface area contributed by atoms with Crippen molar-refractivity contribution in [2.24, 2.45) is 11.7 Å². The lowest BCUT2D eigenvalue weighted by Crippen LogP contribution is -2.09. The average molecular weight is 125 g/mol. The number of hydrogen-bond acceptors (Lipinski definition) is 1. The van der Waals surface area contributed by atoms with Gasteiger partial charge in [0, 0.05) is 0 Å². The van der Waals surface area contributed by atoms with Gasteiger partial charge in [-0.3, -0.25) is 0 Å². The van der Waals surface area contributed by atoms with E-state index in [2.05, 4.69) is 12.2 Å². The van der Waals surface area contributed by atoms with E-state index < -0.39 is 0 Å². The third-order valence-corrected chi connectivity index (χ3v) is 1.95. The Balaban J connectivity index is 2.18. The summed E-state index contributed by atoms with van der Waals surface area (Å²) in [7, 11) is 0. The standard InChI is InChI=1S/C8H15N/c9-7-6-8-4-2-1-3-5-8/h1-2,8H,3-7,9H2. The van der Waals surface area contributed by atoms with Gasteiger partial charge in [-0.15, -0.1) is 0 Å². The first kappa shape index (κ1) is 6.81. The first-order valence-electron chi connectivity index (χ1n) is 3.78. The van der Waals surface area contributed by atoms with E-state index in [-0.39, 0.29) is 0 Å². The van der Waals surface area contributed by atoms with Crippen molar-refractivity contribution in [3.63, 3.8) is 0 Å². The maximum Gasteiger partial charge on any atom is -0.00745 e. The quantitative estimate of drug-likeness (QED) is 0.558. The Morgan fingerprint density at radius 1 is 1.44 bits per heavy atom. The van der Waals surface area contributed by atoms with Crippen molar-refractivity contribution < 1.29 is 0 Å². The molecule has 0 heterocycles. The van der Waals surface area contributed by atoms with Crippen LogP contribution in [0.5, 0.6) is 0 Å². The summed E-state index contributed by atoms with van der Waals surface area (Å²) in [4.78, 5) is 0. The highest BCUT2D eigenvalue weighted by atomic mass is 14.5. The Labute approximate surface area is 56.9 Å². The first-order chi connectivity index (χ1) is 4.43. The molecule has 1 aliphatic carbocycles. The van der Waals surface area contributed by atoms with Gasteiger partial charge < -0.3 is 5.73 Å². The predicted molar refractivity (Wildman–Crippen MR) is 40.2 cm³/mol. The van der Waals surface area contributed by atoms with Gasteiger partial charge in [0.05, 0.1) is 0 Å². The number of allylic oxidation sites excluding steroid dienone is 2. The van der Waals surface area contributed by atoms with E-state index in [0.717, 1.165) is 12.5 Å². The summed E-state index contributed by atoms with van der Waals surface area (Å²) < 4.78 is 0. The summed E-state index contributed by atoms with van der Waals surface area (Å²) >= 11 is 0. The Kier molecular flexibility index (Phi) is 2.78. The molecule has 1 atom stereocenters. The molecule has 0 saturated heterocycles. The topological polar surface area (TPSA) is 26.0 Å². The molecule has 1 nitrogen and oxygen atoms in total. The Bertz CT molecular complexity index is 96.7. The maximum atomic E-state index is 5.44. The van der Waals surface area contributed by atoms with Gasteiger partial charge in [0.2, 0.25) is 0 Å². The Morgan fingerprint density at radius 3 is 2.89 bits per heavy atom. The molecule has 2 N–H and O–H groups in total. The lowest BCUT2D eigenvalue weighted by molar-refractivity contribution is 0.452. The molecule has 0 aliphatic heterocycles. The fraction of sp³-hybridized carbons (Fsp3) is 0.750. The van der Waals surface area contributed by atoms with Crippen LogP contribution in [-0.2, 0) is 0 Å². The summed E-state index contributed by atoms with van der Waals surface area (Å²) in [5.74, 6) is 0.889. The minimum atomic E-state index is 0.860. The van der Waals surface area contributed by atoms with Gasteiger partial charge in [0.25, 0.3) is 0 Å². The van der Waals surface area contributed by atoms with Crippen LogP contribution in [0, 0.1) is 5.92 Å². The van der Waals surface area contributed by atoms with Crippen LogP contribution in [-0.4, -0.2) is 6.54 Å². The van der Waals surface area contributed by atoms with Crippen molar-refractivity contribution in [1.82, 2.24) is 0 Å². The summed E-state index contributed by atoms with van der Waals surface area (Å²) in [6.07, 6.45) is 9.65. The lowest BCUT2D eigenvalue weighted by atomic mass is 9.92. The monoisotopic (exact) mass is 125 g/mol. The third-order valence-electron chi connectivity index (χ3n) is 1.95. The van der Waals surface area contributed by atoms with Crippen LogP contribution in [0.25, 0.3) is 0 Å². The molecule has 0 aromatic rings. The zero-order valence-corrected chi connectivity index (χ0v) is 5.84. The molecule has 9 heavy (non-hydrogen) atoms. The number of hydrogen-bond donors (Lipinski definition) is 1. The van der Waals surface area contributed by atoms with Crippen molar-refractivity contribution in [2.45, 2.75) is 25.7 Å². The second-order valence-corrected chi connectivity index (χ2v) is 2.73. The fourth-order valence-electron chi connectivity index (χ4n) is 1.35. The largest absolute Gasteiger partial charge is 0.330 e. The minimum Gasteiger partial charge on any atom is -0.330 e. The fourth-order valence-corrected chi connectivity index (χ4v) is 1.35. The molecule has 1 unspecified atom stereocenters. The van der Waals surface area contributed by atoms with Crippen LogP contribution in [0.4, 0.5) is 0 Å². The van der Waals surface area contributed by atoms with Crippen molar-refractivity contribution in [2.75, 3.05) is 6.54 Å². The molecule has 1 heteroatoms. The highest BCUT2D eigenvalue weighted by Gasteiger charge is 2.07. The van der Waals surface area contributed by atoms with Crippen LogP contribution in [0.1, 0.15) is 25.7 Å². The van der Waals surface area contributed by atoms with Crippen LogP contribution in [0.3, 0.4) is 0 Å². The molecule has 0 fully saturated rings. The molecule has 1 aliphatic rings. The lowest BCUT2D eigenvalue weighted by Gasteiger charge is -2.15. The zero-order valence-electron chi connectivity index (χ0n) is 5.84. The molecule has 0 radical (unpaired) electrons. The first-order valence-corrected chi connectivity index (χ1v) is 3.78. The van der Waals surface area contributed by atoms with Gasteiger partial charge in [-0.2, -0.15) is 0 Å². The normalized spacial score (nSPS) is 26.6. The molecule has 0 amide bonds. The van der Waals surface area contributed by atoms with E-state index in [1.54, 1.807) is 0 Å². The molecule has 52 valence electrons.